The molecule has 2 heterocycles. The van der Waals surface area contributed by atoms with Crippen molar-refractivity contribution in [3.63, 3.8) is 0 Å². The third-order valence-corrected chi connectivity index (χ3v) is 9.27. The second-order valence-corrected chi connectivity index (χ2v) is 14.7. The number of carbonyl (C=O) groups excluding carboxylic acids is 1. The Labute approximate surface area is 286 Å². The molecular formula is C41H36F6N2O. The zero-order chi connectivity index (χ0) is 36.9. The van der Waals surface area contributed by atoms with E-state index >= 15 is 0 Å². The quantitative estimate of drug-likeness (QED) is 0.174. The van der Waals surface area contributed by atoms with Crippen molar-refractivity contribution >= 4 is 35.5 Å². The van der Waals surface area contributed by atoms with Gasteiger partial charge in [0, 0.05) is 49.5 Å². The molecule has 0 unspecified atom stereocenters. The molecule has 50 heavy (non-hydrogen) atoms. The molecule has 0 saturated carbocycles. The molecule has 9 heteroatoms. The number of fused-ring (bicyclic) bond motifs is 2. The molecule has 4 aromatic carbocycles. The Hall–Kier alpha value is -5.05. The lowest BCUT2D eigenvalue weighted by molar-refractivity contribution is -0.139. The Kier molecular flexibility index (Phi) is 7.82. The van der Waals surface area contributed by atoms with Gasteiger partial charge in [-0.2, -0.15) is 26.3 Å². The molecule has 0 N–H and O–H groups in total. The fourth-order valence-electron chi connectivity index (χ4n) is 6.77. The first-order chi connectivity index (χ1) is 23.0. The number of benzene rings is 4. The highest BCUT2D eigenvalue weighted by Crippen LogP contribution is 2.45. The van der Waals surface area contributed by atoms with Crippen LogP contribution in [0.3, 0.4) is 0 Å². The maximum absolute atomic E-state index is 14.7. The number of alkyl halides is 6. The molecule has 0 bridgehead atoms. The van der Waals surface area contributed by atoms with E-state index in [1.54, 1.807) is 37.8 Å². The lowest BCUT2D eigenvalue weighted by Crippen LogP contribution is -2.40. The lowest BCUT2D eigenvalue weighted by Gasteiger charge is -2.32. The van der Waals surface area contributed by atoms with Crippen LogP contribution in [0, 0.1) is 0 Å². The SMILES string of the molecule is C=C1c2cc(-c3ccc4c(=C)n(-c5ccc(-c6ccc(C(C)(C)C)cc6C(F)(F)F)c(C(F)(F)F)c5)c(=C)c4c3)ccc2C(=O)N1C(C)(C)C. The van der Waals surface area contributed by atoms with E-state index in [1.165, 1.54) is 16.7 Å². The Morgan fingerprint density at radius 3 is 1.66 bits per heavy atom. The summed E-state index contributed by atoms with van der Waals surface area (Å²) < 4.78 is 88.3. The standard InChI is InChI=1S/C41H36F6N2O/c1-22-29-14-10-25(26-11-15-32-34(19-26)24(3)49(37(32)50)39(7,8)9)18-33(29)23(2)48(22)28-13-17-31(36(21-28)41(45,46)47)30-16-12-27(38(4,5)6)20-35(30)40(42,43)44/h10-21H,1-3H2,4-9H3. The number of nitrogens with zero attached hydrogens (tertiary/aromatic N) is 2. The molecule has 5 aromatic rings. The largest absolute Gasteiger partial charge is 0.417 e. The van der Waals surface area contributed by atoms with Gasteiger partial charge in [-0.3, -0.25) is 4.79 Å². The van der Waals surface area contributed by atoms with Gasteiger partial charge < -0.3 is 9.47 Å². The Morgan fingerprint density at radius 1 is 0.560 bits per heavy atom. The van der Waals surface area contributed by atoms with Crippen molar-refractivity contribution in [3.8, 4) is 27.9 Å². The number of hydrogen-bond donors (Lipinski definition) is 0. The van der Waals surface area contributed by atoms with Crippen LogP contribution in [0.25, 0.3) is 57.6 Å². The number of aromatic nitrogens is 1. The van der Waals surface area contributed by atoms with Crippen LogP contribution in [0.5, 0.6) is 0 Å². The first-order valence-corrected chi connectivity index (χ1v) is 15.9. The summed E-state index contributed by atoms with van der Waals surface area (Å²) in [7, 11) is 0. The molecule has 0 aliphatic carbocycles. The molecule has 258 valence electrons. The van der Waals surface area contributed by atoms with E-state index in [0.717, 1.165) is 35.4 Å². The summed E-state index contributed by atoms with van der Waals surface area (Å²) in [5, 5.41) is 2.01. The van der Waals surface area contributed by atoms with Crippen molar-refractivity contribution in [1.29, 1.82) is 0 Å². The molecule has 1 aromatic heterocycles. The summed E-state index contributed by atoms with van der Waals surface area (Å²) in [6.07, 6.45) is -9.86. The fraction of sp³-hybridized carbons (Fsp3) is 0.244. The van der Waals surface area contributed by atoms with Crippen molar-refractivity contribution in [2.75, 3.05) is 0 Å². The number of carbonyl (C=O) groups is 1. The van der Waals surface area contributed by atoms with Crippen LogP contribution < -0.4 is 10.7 Å². The second-order valence-electron chi connectivity index (χ2n) is 14.7. The third-order valence-electron chi connectivity index (χ3n) is 9.27. The van der Waals surface area contributed by atoms with Crippen molar-refractivity contribution in [3.05, 3.63) is 118 Å². The van der Waals surface area contributed by atoms with Crippen LogP contribution in [-0.2, 0) is 17.8 Å². The highest BCUT2D eigenvalue weighted by atomic mass is 19.4. The van der Waals surface area contributed by atoms with Gasteiger partial charge >= 0.3 is 12.4 Å². The first kappa shape index (κ1) is 34.8. The average molecular weight is 687 g/mol. The van der Waals surface area contributed by atoms with E-state index < -0.39 is 45.6 Å². The highest BCUT2D eigenvalue weighted by Gasteiger charge is 2.40. The normalized spacial score (nSPS) is 14.2. The lowest BCUT2D eigenvalue weighted by atomic mass is 9.83. The summed E-state index contributed by atoms with van der Waals surface area (Å²) in [5.74, 6) is -0.126. The maximum atomic E-state index is 14.7. The molecule has 1 amide bonds. The number of amides is 1. The van der Waals surface area contributed by atoms with Gasteiger partial charge in [0.1, 0.15) is 0 Å². The minimum absolute atomic E-state index is 0.0586. The Bertz CT molecular complexity index is 2350. The van der Waals surface area contributed by atoms with E-state index in [2.05, 4.69) is 19.7 Å². The van der Waals surface area contributed by atoms with E-state index in [0.29, 0.717) is 43.9 Å². The zero-order valence-electron chi connectivity index (χ0n) is 28.6. The molecule has 0 radical (unpaired) electrons. The minimum atomic E-state index is -4.97. The molecule has 0 spiro atoms. The summed E-state index contributed by atoms with van der Waals surface area (Å²) in [6.45, 7) is 23.5. The van der Waals surface area contributed by atoms with E-state index in [9.17, 15) is 31.1 Å². The minimum Gasteiger partial charge on any atom is -0.310 e. The zero-order valence-corrected chi connectivity index (χ0v) is 28.6. The predicted octanol–water partition coefficient (Wildman–Crippen LogP) is 10.3. The number of rotatable bonds is 3. The summed E-state index contributed by atoms with van der Waals surface area (Å²) in [5.41, 5.74) is -0.739. The Balaban J connectivity index is 1.47. The number of halogens is 6. The molecule has 0 atom stereocenters. The molecule has 0 fully saturated rings. The molecular weight excluding hydrogens is 650 g/mol. The highest BCUT2D eigenvalue weighted by molar-refractivity contribution is 6.10. The van der Waals surface area contributed by atoms with Crippen LogP contribution in [0.15, 0.2) is 79.4 Å². The van der Waals surface area contributed by atoms with Crippen LogP contribution in [0.2, 0.25) is 0 Å². The van der Waals surface area contributed by atoms with Crippen molar-refractivity contribution in [1.82, 2.24) is 9.47 Å². The van der Waals surface area contributed by atoms with E-state index in [1.807, 2.05) is 45.0 Å². The van der Waals surface area contributed by atoms with Gasteiger partial charge in [0.05, 0.1) is 11.1 Å². The summed E-state index contributed by atoms with van der Waals surface area (Å²) >= 11 is 0. The van der Waals surface area contributed by atoms with Crippen molar-refractivity contribution < 1.29 is 31.1 Å². The van der Waals surface area contributed by atoms with Gasteiger partial charge in [-0.15, -0.1) is 0 Å². The van der Waals surface area contributed by atoms with Gasteiger partial charge in [-0.25, -0.2) is 0 Å². The molecule has 3 nitrogen and oxygen atoms in total. The first-order valence-electron chi connectivity index (χ1n) is 15.9. The maximum Gasteiger partial charge on any atom is 0.417 e. The third kappa shape index (κ3) is 5.72. The van der Waals surface area contributed by atoms with Gasteiger partial charge in [0.2, 0.25) is 0 Å². The molecule has 0 saturated heterocycles. The monoisotopic (exact) mass is 686 g/mol. The smallest absolute Gasteiger partial charge is 0.310 e. The van der Waals surface area contributed by atoms with Crippen molar-refractivity contribution in [2.24, 2.45) is 0 Å². The van der Waals surface area contributed by atoms with Crippen molar-refractivity contribution in [2.45, 2.75) is 64.8 Å². The van der Waals surface area contributed by atoms with Gasteiger partial charge in [-0.1, -0.05) is 76.9 Å². The molecule has 6 rings (SSSR count). The van der Waals surface area contributed by atoms with E-state index in [-0.39, 0.29) is 11.6 Å². The van der Waals surface area contributed by atoms with Crippen LogP contribution >= 0.6 is 0 Å². The topological polar surface area (TPSA) is 25.2 Å². The predicted molar refractivity (Wildman–Crippen MR) is 188 cm³/mol. The van der Waals surface area contributed by atoms with Gasteiger partial charge in [-0.05, 0) is 90.4 Å². The van der Waals surface area contributed by atoms with E-state index in [4.69, 9.17) is 0 Å². The van der Waals surface area contributed by atoms with Gasteiger partial charge in [0.15, 0.2) is 0 Å². The van der Waals surface area contributed by atoms with Gasteiger partial charge in [0.25, 0.3) is 5.91 Å². The second kappa shape index (κ2) is 11.2. The fourth-order valence-corrected chi connectivity index (χ4v) is 6.77. The van der Waals surface area contributed by atoms with Crippen LogP contribution in [0.1, 0.15) is 74.2 Å². The number of hydrogen-bond acceptors (Lipinski definition) is 1. The van der Waals surface area contributed by atoms with Crippen LogP contribution in [0.4, 0.5) is 26.3 Å². The van der Waals surface area contributed by atoms with Crippen LogP contribution in [-0.4, -0.2) is 20.9 Å². The summed E-state index contributed by atoms with van der Waals surface area (Å²) in [4.78, 5) is 14.8. The molecule has 1 aliphatic heterocycles. The average Bonchev–Trinajstić information content (AvgIpc) is 3.42. The molecule has 1 aliphatic rings. The summed E-state index contributed by atoms with van der Waals surface area (Å²) in [6, 6.07) is 17.8. The Morgan fingerprint density at radius 2 is 1.08 bits per heavy atom.